The highest BCUT2D eigenvalue weighted by Gasteiger charge is 2.30. The fraction of sp³-hybridized carbons (Fsp3) is 1.00. The van der Waals surface area contributed by atoms with Crippen LogP contribution in [-0.4, -0.2) is 18.3 Å². The molecular formula is C9H21NO. The van der Waals surface area contributed by atoms with Gasteiger partial charge >= 0.3 is 0 Å². The molecule has 0 aromatic heterocycles. The third-order valence-corrected chi connectivity index (χ3v) is 2.69. The molecule has 0 amide bonds. The Labute approximate surface area is 69.8 Å². The Hall–Kier alpha value is -0.0800. The van der Waals surface area contributed by atoms with Crippen molar-refractivity contribution in [2.45, 2.75) is 33.6 Å². The smallest absolute Gasteiger partial charge is 0.0501 e. The molecule has 0 fully saturated rings. The van der Waals surface area contributed by atoms with E-state index in [1.54, 1.807) is 0 Å². The normalized spacial score (nSPS) is 16.9. The predicted molar refractivity (Wildman–Crippen MR) is 48.3 cm³/mol. The maximum Gasteiger partial charge on any atom is 0.0501 e. The molecule has 2 nitrogen and oxygen atoms in total. The highest BCUT2D eigenvalue weighted by molar-refractivity contribution is 4.82. The second-order valence-corrected chi connectivity index (χ2v) is 3.63. The zero-order valence-electron chi connectivity index (χ0n) is 7.93. The van der Waals surface area contributed by atoms with E-state index in [4.69, 9.17) is 5.73 Å². The quantitative estimate of drug-likeness (QED) is 0.636. The molecule has 3 N–H and O–H groups in total. The minimum atomic E-state index is -0.0330. The maximum atomic E-state index is 9.20. The third-order valence-electron chi connectivity index (χ3n) is 2.69. The summed E-state index contributed by atoms with van der Waals surface area (Å²) in [5.74, 6) is 0.470. The van der Waals surface area contributed by atoms with Crippen LogP contribution in [-0.2, 0) is 0 Å². The van der Waals surface area contributed by atoms with E-state index < -0.39 is 0 Å². The van der Waals surface area contributed by atoms with E-state index in [0.717, 1.165) is 12.8 Å². The first-order valence-electron chi connectivity index (χ1n) is 4.44. The molecular weight excluding hydrogens is 138 g/mol. The van der Waals surface area contributed by atoms with Crippen molar-refractivity contribution in [3.05, 3.63) is 0 Å². The summed E-state index contributed by atoms with van der Waals surface area (Å²) in [4.78, 5) is 0. The Morgan fingerprint density at radius 2 is 2.00 bits per heavy atom. The minimum absolute atomic E-state index is 0.0330. The van der Waals surface area contributed by atoms with Crippen LogP contribution in [0.1, 0.15) is 33.6 Å². The van der Waals surface area contributed by atoms with Gasteiger partial charge in [-0.25, -0.2) is 0 Å². The van der Waals surface area contributed by atoms with Crippen LogP contribution < -0.4 is 5.73 Å². The van der Waals surface area contributed by atoms with E-state index in [1.165, 1.54) is 0 Å². The van der Waals surface area contributed by atoms with Crippen molar-refractivity contribution in [1.29, 1.82) is 0 Å². The van der Waals surface area contributed by atoms with Gasteiger partial charge in [-0.1, -0.05) is 27.2 Å². The van der Waals surface area contributed by atoms with Crippen molar-refractivity contribution in [3.63, 3.8) is 0 Å². The van der Waals surface area contributed by atoms with Crippen LogP contribution in [0.2, 0.25) is 0 Å². The summed E-state index contributed by atoms with van der Waals surface area (Å²) in [6, 6.07) is 0. The topological polar surface area (TPSA) is 46.2 Å². The van der Waals surface area contributed by atoms with Gasteiger partial charge in [0.1, 0.15) is 0 Å². The SMILES string of the molecule is CCCC(CN)(CO)C(C)C. The summed E-state index contributed by atoms with van der Waals surface area (Å²) in [6.45, 7) is 7.18. The molecule has 0 rings (SSSR count). The van der Waals surface area contributed by atoms with Gasteiger partial charge in [0, 0.05) is 12.0 Å². The van der Waals surface area contributed by atoms with Crippen molar-refractivity contribution < 1.29 is 5.11 Å². The number of nitrogens with two attached hydrogens (primary N) is 1. The van der Waals surface area contributed by atoms with Gasteiger partial charge in [-0.2, -0.15) is 0 Å². The van der Waals surface area contributed by atoms with Gasteiger partial charge in [0.25, 0.3) is 0 Å². The molecule has 1 atom stereocenters. The van der Waals surface area contributed by atoms with Crippen molar-refractivity contribution in [2.75, 3.05) is 13.2 Å². The highest BCUT2D eigenvalue weighted by Crippen LogP contribution is 2.30. The van der Waals surface area contributed by atoms with Gasteiger partial charge in [-0.05, 0) is 12.3 Å². The monoisotopic (exact) mass is 159 g/mol. The van der Waals surface area contributed by atoms with E-state index in [-0.39, 0.29) is 12.0 Å². The zero-order chi connectivity index (χ0) is 8.91. The van der Waals surface area contributed by atoms with Crippen LogP contribution in [0.15, 0.2) is 0 Å². The molecule has 0 saturated heterocycles. The van der Waals surface area contributed by atoms with Crippen LogP contribution in [0.5, 0.6) is 0 Å². The van der Waals surface area contributed by atoms with Crippen molar-refractivity contribution >= 4 is 0 Å². The van der Waals surface area contributed by atoms with E-state index in [0.29, 0.717) is 12.5 Å². The number of rotatable bonds is 5. The molecule has 0 aromatic rings. The lowest BCUT2D eigenvalue weighted by molar-refractivity contribution is 0.0743. The first-order chi connectivity index (χ1) is 5.13. The first kappa shape index (κ1) is 10.9. The summed E-state index contributed by atoms with van der Waals surface area (Å²) >= 11 is 0. The van der Waals surface area contributed by atoms with Gasteiger partial charge in [0.05, 0.1) is 6.61 Å². The number of aliphatic hydroxyl groups excluding tert-OH is 1. The molecule has 0 radical (unpaired) electrons. The van der Waals surface area contributed by atoms with E-state index in [1.807, 2.05) is 0 Å². The molecule has 2 heteroatoms. The predicted octanol–water partition coefficient (Wildman–Crippen LogP) is 1.38. The molecule has 0 aliphatic rings. The molecule has 0 heterocycles. The summed E-state index contributed by atoms with van der Waals surface area (Å²) in [5.41, 5.74) is 5.61. The van der Waals surface area contributed by atoms with Crippen molar-refractivity contribution in [2.24, 2.45) is 17.1 Å². The molecule has 11 heavy (non-hydrogen) atoms. The van der Waals surface area contributed by atoms with Gasteiger partial charge in [-0.3, -0.25) is 0 Å². The Bertz CT molecular complexity index is 97.7. The first-order valence-corrected chi connectivity index (χ1v) is 4.44. The van der Waals surface area contributed by atoms with Gasteiger partial charge in [0.2, 0.25) is 0 Å². The lowest BCUT2D eigenvalue weighted by Crippen LogP contribution is -2.39. The Morgan fingerprint density at radius 1 is 1.45 bits per heavy atom. The van der Waals surface area contributed by atoms with E-state index in [9.17, 15) is 5.11 Å². The second kappa shape index (κ2) is 4.73. The van der Waals surface area contributed by atoms with E-state index in [2.05, 4.69) is 20.8 Å². The van der Waals surface area contributed by atoms with Gasteiger partial charge < -0.3 is 10.8 Å². The molecule has 0 aromatic carbocycles. The van der Waals surface area contributed by atoms with Crippen LogP contribution in [0.3, 0.4) is 0 Å². The number of aliphatic hydroxyl groups is 1. The maximum absolute atomic E-state index is 9.20. The summed E-state index contributed by atoms with van der Waals surface area (Å²) in [5, 5.41) is 9.20. The lowest BCUT2D eigenvalue weighted by atomic mass is 9.74. The van der Waals surface area contributed by atoms with Gasteiger partial charge in [-0.15, -0.1) is 0 Å². The molecule has 0 aliphatic heterocycles. The van der Waals surface area contributed by atoms with Crippen LogP contribution >= 0.6 is 0 Å². The van der Waals surface area contributed by atoms with Crippen LogP contribution in [0.25, 0.3) is 0 Å². The third kappa shape index (κ3) is 2.46. The molecule has 0 aliphatic carbocycles. The summed E-state index contributed by atoms with van der Waals surface area (Å²) in [6.07, 6.45) is 2.12. The summed E-state index contributed by atoms with van der Waals surface area (Å²) < 4.78 is 0. The fourth-order valence-corrected chi connectivity index (χ4v) is 1.45. The second-order valence-electron chi connectivity index (χ2n) is 3.63. The fourth-order valence-electron chi connectivity index (χ4n) is 1.45. The number of hydrogen-bond acceptors (Lipinski definition) is 2. The molecule has 0 bridgehead atoms. The Morgan fingerprint density at radius 3 is 2.09 bits per heavy atom. The largest absolute Gasteiger partial charge is 0.396 e. The Balaban J connectivity index is 4.20. The van der Waals surface area contributed by atoms with Crippen LogP contribution in [0, 0.1) is 11.3 Å². The molecule has 68 valence electrons. The Kier molecular flexibility index (Phi) is 4.69. The highest BCUT2D eigenvalue weighted by atomic mass is 16.3. The molecule has 0 spiro atoms. The van der Waals surface area contributed by atoms with Gasteiger partial charge in [0.15, 0.2) is 0 Å². The number of hydrogen-bond donors (Lipinski definition) is 2. The average molecular weight is 159 g/mol. The molecule has 1 unspecified atom stereocenters. The van der Waals surface area contributed by atoms with Crippen LogP contribution in [0.4, 0.5) is 0 Å². The molecule has 0 saturated carbocycles. The van der Waals surface area contributed by atoms with Crippen molar-refractivity contribution in [1.82, 2.24) is 0 Å². The van der Waals surface area contributed by atoms with E-state index >= 15 is 0 Å². The standard InChI is InChI=1S/C9H21NO/c1-4-5-9(6-10,7-11)8(2)3/h8,11H,4-7,10H2,1-3H3. The lowest BCUT2D eigenvalue weighted by Gasteiger charge is -2.34. The van der Waals surface area contributed by atoms with Crippen molar-refractivity contribution in [3.8, 4) is 0 Å². The average Bonchev–Trinajstić information content (AvgIpc) is 2.00. The minimum Gasteiger partial charge on any atom is -0.396 e. The summed E-state index contributed by atoms with van der Waals surface area (Å²) in [7, 11) is 0. The zero-order valence-corrected chi connectivity index (χ0v) is 7.93.